The average Bonchev–Trinajstić information content (AvgIpc) is 3.41. The van der Waals surface area contributed by atoms with Gasteiger partial charge in [0.05, 0.1) is 12.8 Å². The fourth-order valence-corrected chi connectivity index (χ4v) is 3.89. The molecule has 0 aliphatic carbocycles. The summed E-state index contributed by atoms with van der Waals surface area (Å²) in [5, 5.41) is 0. The topological polar surface area (TPSA) is 120 Å². The van der Waals surface area contributed by atoms with Gasteiger partial charge in [-0.2, -0.15) is 0 Å². The number of amidine groups is 1. The summed E-state index contributed by atoms with van der Waals surface area (Å²) in [5.41, 5.74) is 8.41. The average molecular weight is 421 g/mol. The van der Waals surface area contributed by atoms with Crippen molar-refractivity contribution in [2.45, 2.75) is 32.4 Å². The van der Waals surface area contributed by atoms with Gasteiger partial charge in [-0.25, -0.2) is 14.8 Å². The van der Waals surface area contributed by atoms with E-state index < -0.39 is 0 Å². The van der Waals surface area contributed by atoms with Gasteiger partial charge in [-0.3, -0.25) is 14.5 Å². The van der Waals surface area contributed by atoms with Gasteiger partial charge < -0.3 is 15.7 Å². The van der Waals surface area contributed by atoms with E-state index in [1.54, 1.807) is 30.2 Å². The first-order valence-electron chi connectivity index (χ1n) is 10.5. The van der Waals surface area contributed by atoms with Crippen LogP contribution in [0.5, 0.6) is 0 Å². The number of H-pyrrole nitrogens is 2. The van der Waals surface area contributed by atoms with Crippen LogP contribution in [0.15, 0.2) is 51.4 Å². The van der Waals surface area contributed by atoms with Crippen LogP contribution in [-0.2, 0) is 13.1 Å². The van der Waals surface area contributed by atoms with Gasteiger partial charge >= 0.3 is 5.69 Å². The normalized spacial score (nSPS) is 15.7. The maximum atomic E-state index is 12.7. The number of nitrogens with zero attached hydrogens (tertiary/aromatic N) is 5. The van der Waals surface area contributed by atoms with Crippen LogP contribution in [-0.4, -0.2) is 56.6 Å². The molecule has 1 fully saturated rings. The second-order valence-electron chi connectivity index (χ2n) is 7.71. The van der Waals surface area contributed by atoms with E-state index in [9.17, 15) is 4.79 Å². The third-order valence-corrected chi connectivity index (χ3v) is 5.47. The predicted octanol–water partition coefficient (Wildman–Crippen LogP) is 2.02. The highest BCUT2D eigenvalue weighted by Gasteiger charge is 2.17. The van der Waals surface area contributed by atoms with Gasteiger partial charge in [0.25, 0.3) is 0 Å². The molecule has 3 aromatic rings. The first-order valence-corrected chi connectivity index (χ1v) is 10.5. The van der Waals surface area contributed by atoms with E-state index in [1.807, 2.05) is 12.1 Å². The Morgan fingerprint density at radius 1 is 1.23 bits per heavy atom. The molecule has 2 aromatic heterocycles. The number of aromatic amines is 2. The van der Waals surface area contributed by atoms with Gasteiger partial charge in [-0.1, -0.05) is 30.7 Å². The lowest BCUT2D eigenvalue weighted by Gasteiger charge is -2.26. The van der Waals surface area contributed by atoms with Gasteiger partial charge in [-0.05, 0) is 37.1 Å². The Morgan fingerprint density at radius 2 is 2.00 bits per heavy atom. The smallest absolute Gasteiger partial charge is 0.328 e. The Hall–Kier alpha value is -3.46. The number of likely N-dealkylation sites (tertiary alicyclic amines) is 1. The molecule has 3 heterocycles. The summed E-state index contributed by atoms with van der Waals surface area (Å²) < 4.78 is 1.58. The second kappa shape index (κ2) is 9.57. The summed E-state index contributed by atoms with van der Waals surface area (Å²) in [5.74, 6) is 1.23. The number of nitrogens with one attached hydrogen (secondary N) is 2. The lowest BCUT2D eigenvalue weighted by Crippen LogP contribution is -2.29. The van der Waals surface area contributed by atoms with Crippen molar-refractivity contribution in [1.82, 2.24) is 24.4 Å². The number of benzene rings is 1. The van der Waals surface area contributed by atoms with Crippen molar-refractivity contribution in [3.8, 4) is 0 Å². The van der Waals surface area contributed by atoms with Crippen LogP contribution in [0, 0.1) is 0 Å². The molecule has 0 spiro atoms. The van der Waals surface area contributed by atoms with Crippen molar-refractivity contribution < 1.29 is 0 Å². The molecule has 31 heavy (non-hydrogen) atoms. The predicted molar refractivity (Wildman–Crippen MR) is 122 cm³/mol. The highest BCUT2D eigenvalue weighted by Crippen LogP contribution is 2.19. The van der Waals surface area contributed by atoms with E-state index in [-0.39, 0.29) is 11.5 Å². The fourth-order valence-electron chi connectivity index (χ4n) is 3.89. The Kier molecular flexibility index (Phi) is 6.42. The molecule has 0 radical (unpaired) electrons. The monoisotopic (exact) mass is 420 g/mol. The maximum absolute atomic E-state index is 12.7. The molecule has 162 valence electrons. The minimum Gasteiger partial charge on any atom is -0.382 e. The number of hydrogen-bond acceptors (Lipinski definition) is 5. The number of hydrogen-bond donors (Lipinski definition) is 3. The highest BCUT2D eigenvalue weighted by atomic mass is 16.1. The van der Waals surface area contributed by atoms with E-state index in [2.05, 4.69) is 42.0 Å². The molecular weight excluding hydrogens is 392 g/mol. The van der Waals surface area contributed by atoms with Crippen LogP contribution in [0.1, 0.15) is 41.9 Å². The van der Waals surface area contributed by atoms with Crippen molar-refractivity contribution in [3.05, 3.63) is 69.8 Å². The molecule has 9 heteroatoms. The molecule has 0 atom stereocenters. The summed E-state index contributed by atoms with van der Waals surface area (Å²) in [6.45, 7) is 3.60. The Balaban J connectivity index is 1.62. The third-order valence-electron chi connectivity index (χ3n) is 5.47. The van der Waals surface area contributed by atoms with E-state index in [0.717, 1.165) is 25.2 Å². The van der Waals surface area contributed by atoms with Crippen LogP contribution in [0.2, 0.25) is 0 Å². The minimum atomic E-state index is -0.283. The summed E-state index contributed by atoms with van der Waals surface area (Å²) in [7, 11) is 1.58. The summed E-state index contributed by atoms with van der Waals surface area (Å²) >= 11 is 0. The Morgan fingerprint density at radius 3 is 2.71 bits per heavy atom. The summed E-state index contributed by atoms with van der Waals surface area (Å²) in [4.78, 5) is 33.6. The standard InChI is InChI=1S/C22H28N8O/c1-24-20(23)19-21(27-13-18-25-8-9-26-18)30(22(31)28-19)15-17-7-5-6-16(12-17)14-29-10-3-2-4-11-29/h5-9,12-13H,2-4,10-11,14-15H2,1H3,(H2,23,24)(H,25,26)(H,28,31). The van der Waals surface area contributed by atoms with Gasteiger partial charge in [0.2, 0.25) is 0 Å². The van der Waals surface area contributed by atoms with Gasteiger partial charge in [0.1, 0.15) is 17.4 Å². The lowest BCUT2D eigenvalue weighted by molar-refractivity contribution is 0.221. The molecule has 4 N–H and O–H groups in total. The van der Waals surface area contributed by atoms with Gasteiger partial charge in [0.15, 0.2) is 5.82 Å². The zero-order valence-electron chi connectivity index (χ0n) is 17.7. The summed E-state index contributed by atoms with van der Waals surface area (Å²) in [6.07, 6.45) is 8.76. The first kappa shape index (κ1) is 20.8. The lowest BCUT2D eigenvalue weighted by atomic mass is 10.1. The van der Waals surface area contributed by atoms with E-state index in [4.69, 9.17) is 5.73 Å². The second-order valence-corrected chi connectivity index (χ2v) is 7.71. The molecule has 1 aliphatic rings. The molecule has 1 saturated heterocycles. The SMILES string of the molecule is CN=C(N)c1[nH]c(=O)n(Cc2cccc(CN3CCCCC3)c2)c1N=Cc1ncc[nH]1. The molecule has 1 aromatic carbocycles. The molecule has 1 aliphatic heterocycles. The van der Waals surface area contributed by atoms with Crippen LogP contribution in [0.25, 0.3) is 0 Å². The van der Waals surface area contributed by atoms with Gasteiger partial charge in [-0.15, -0.1) is 0 Å². The van der Waals surface area contributed by atoms with Gasteiger partial charge in [0, 0.05) is 26.0 Å². The molecule has 4 rings (SSSR count). The van der Waals surface area contributed by atoms with Crippen LogP contribution in [0.4, 0.5) is 5.82 Å². The van der Waals surface area contributed by atoms with Crippen LogP contribution >= 0.6 is 0 Å². The van der Waals surface area contributed by atoms with E-state index in [0.29, 0.717) is 23.9 Å². The zero-order valence-corrected chi connectivity index (χ0v) is 17.7. The van der Waals surface area contributed by atoms with Crippen LogP contribution in [0.3, 0.4) is 0 Å². The molecule has 0 bridgehead atoms. The van der Waals surface area contributed by atoms with E-state index >= 15 is 0 Å². The van der Waals surface area contributed by atoms with Crippen molar-refractivity contribution >= 4 is 17.9 Å². The Labute approximate surface area is 180 Å². The maximum Gasteiger partial charge on any atom is 0.328 e. The molecular formula is C22H28N8O. The number of aromatic nitrogens is 4. The molecule has 9 nitrogen and oxygen atoms in total. The van der Waals surface area contributed by atoms with Crippen molar-refractivity contribution in [1.29, 1.82) is 0 Å². The van der Waals surface area contributed by atoms with Crippen molar-refractivity contribution in [2.75, 3.05) is 20.1 Å². The number of nitrogens with two attached hydrogens (primary N) is 1. The van der Waals surface area contributed by atoms with Crippen LogP contribution < -0.4 is 11.4 Å². The zero-order chi connectivity index (χ0) is 21.6. The number of imidazole rings is 2. The fraction of sp³-hybridized carbons (Fsp3) is 0.364. The number of rotatable bonds is 7. The third kappa shape index (κ3) is 5.00. The van der Waals surface area contributed by atoms with E-state index in [1.165, 1.54) is 24.8 Å². The minimum absolute atomic E-state index is 0.223. The summed E-state index contributed by atoms with van der Waals surface area (Å²) in [6, 6.07) is 8.36. The number of piperidine rings is 1. The largest absolute Gasteiger partial charge is 0.382 e. The molecule has 0 unspecified atom stereocenters. The van der Waals surface area contributed by atoms with Crippen molar-refractivity contribution in [3.63, 3.8) is 0 Å². The first-order chi connectivity index (χ1) is 15.1. The molecule has 0 amide bonds. The Bertz CT molecular complexity index is 1120. The molecule has 0 saturated carbocycles. The highest BCUT2D eigenvalue weighted by molar-refractivity contribution is 6.00. The van der Waals surface area contributed by atoms with Crippen molar-refractivity contribution in [2.24, 2.45) is 15.7 Å². The quantitative estimate of drug-likeness (QED) is 0.400. The number of aliphatic imine (C=N–C) groups is 2.